The molecule has 106 valence electrons. The third-order valence-corrected chi connectivity index (χ3v) is 5.15. The van der Waals surface area contributed by atoms with Crippen LogP contribution >= 0.6 is 11.3 Å². The summed E-state index contributed by atoms with van der Waals surface area (Å²) in [6.07, 6.45) is 2.98. The van der Waals surface area contributed by atoms with Gasteiger partial charge in [0.2, 0.25) is 0 Å². The molecule has 0 aliphatic heterocycles. The van der Waals surface area contributed by atoms with Gasteiger partial charge in [-0.1, -0.05) is 13.3 Å². The third-order valence-electron chi connectivity index (χ3n) is 4.13. The smallest absolute Gasteiger partial charge is 0.315 e. The second kappa shape index (κ2) is 5.92. The molecule has 0 radical (unpaired) electrons. The second-order valence-electron chi connectivity index (χ2n) is 5.61. The highest BCUT2D eigenvalue weighted by Gasteiger charge is 2.39. The fraction of sp³-hybridized carbons (Fsp3) is 0.643. The van der Waals surface area contributed by atoms with Gasteiger partial charge in [0.1, 0.15) is 0 Å². The Morgan fingerprint density at radius 3 is 3.05 bits per heavy atom. The first-order chi connectivity index (χ1) is 9.05. The molecular formula is C14H22N2O2S. The van der Waals surface area contributed by atoms with Crippen molar-refractivity contribution < 1.29 is 9.90 Å². The Morgan fingerprint density at radius 1 is 1.63 bits per heavy atom. The SMILES string of the molecule is Cc1ccsc1CNC(=O)NC1CCCC1(C)CO. The summed E-state index contributed by atoms with van der Waals surface area (Å²) in [7, 11) is 0. The van der Waals surface area contributed by atoms with Crippen LogP contribution in [0.25, 0.3) is 0 Å². The lowest BCUT2D eigenvalue weighted by molar-refractivity contribution is 0.121. The molecule has 2 atom stereocenters. The maximum atomic E-state index is 11.9. The lowest BCUT2D eigenvalue weighted by atomic mass is 9.86. The number of thiophene rings is 1. The molecule has 0 saturated heterocycles. The quantitative estimate of drug-likeness (QED) is 0.794. The van der Waals surface area contributed by atoms with Gasteiger partial charge >= 0.3 is 6.03 Å². The number of carbonyl (C=O) groups is 1. The number of aliphatic hydroxyl groups is 1. The minimum absolute atomic E-state index is 0.0712. The number of hydrogen-bond donors (Lipinski definition) is 3. The van der Waals surface area contributed by atoms with Crippen molar-refractivity contribution in [3.05, 3.63) is 21.9 Å². The molecule has 0 aromatic carbocycles. The van der Waals surface area contributed by atoms with Crippen molar-refractivity contribution in [2.24, 2.45) is 5.41 Å². The summed E-state index contributed by atoms with van der Waals surface area (Å²) < 4.78 is 0. The zero-order chi connectivity index (χ0) is 13.9. The monoisotopic (exact) mass is 282 g/mol. The zero-order valence-electron chi connectivity index (χ0n) is 11.5. The van der Waals surface area contributed by atoms with Crippen LogP contribution in [-0.4, -0.2) is 23.8 Å². The molecule has 1 aromatic heterocycles. The van der Waals surface area contributed by atoms with E-state index in [1.54, 1.807) is 11.3 Å². The predicted octanol–water partition coefficient (Wildman–Crippen LogP) is 2.41. The van der Waals surface area contributed by atoms with E-state index in [1.165, 1.54) is 10.4 Å². The third kappa shape index (κ3) is 3.28. The number of urea groups is 1. The van der Waals surface area contributed by atoms with E-state index < -0.39 is 0 Å². The molecular weight excluding hydrogens is 260 g/mol. The fourth-order valence-electron chi connectivity index (χ4n) is 2.62. The Kier molecular flexibility index (Phi) is 4.47. The van der Waals surface area contributed by atoms with Gasteiger partial charge in [0.05, 0.1) is 13.2 Å². The van der Waals surface area contributed by atoms with Crippen molar-refractivity contribution in [3.8, 4) is 0 Å². The van der Waals surface area contributed by atoms with Crippen LogP contribution in [0.4, 0.5) is 4.79 Å². The molecule has 5 heteroatoms. The van der Waals surface area contributed by atoms with E-state index in [1.807, 2.05) is 19.2 Å². The fourth-order valence-corrected chi connectivity index (χ4v) is 3.47. The van der Waals surface area contributed by atoms with Gasteiger partial charge in [0.15, 0.2) is 0 Å². The van der Waals surface area contributed by atoms with E-state index in [4.69, 9.17) is 0 Å². The Hall–Kier alpha value is -1.07. The van der Waals surface area contributed by atoms with Crippen LogP contribution in [0.1, 0.15) is 36.6 Å². The van der Waals surface area contributed by atoms with Gasteiger partial charge < -0.3 is 15.7 Å². The molecule has 1 saturated carbocycles. The summed E-state index contributed by atoms with van der Waals surface area (Å²) in [5.74, 6) is 0. The molecule has 0 spiro atoms. The summed E-state index contributed by atoms with van der Waals surface area (Å²) in [5, 5.41) is 17.4. The lowest BCUT2D eigenvalue weighted by Gasteiger charge is -2.30. The predicted molar refractivity (Wildman–Crippen MR) is 77.3 cm³/mol. The first kappa shape index (κ1) is 14.3. The van der Waals surface area contributed by atoms with Crippen molar-refractivity contribution >= 4 is 17.4 Å². The summed E-state index contributed by atoms with van der Waals surface area (Å²) >= 11 is 1.66. The largest absolute Gasteiger partial charge is 0.396 e. The zero-order valence-corrected chi connectivity index (χ0v) is 12.3. The Bertz CT molecular complexity index is 446. The molecule has 4 nitrogen and oxygen atoms in total. The topological polar surface area (TPSA) is 61.4 Å². The number of carbonyl (C=O) groups excluding carboxylic acids is 1. The molecule has 1 aliphatic carbocycles. The number of rotatable bonds is 4. The van der Waals surface area contributed by atoms with Gasteiger partial charge in [-0.25, -0.2) is 4.79 Å². The van der Waals surface area contributed by atoms with Crippen LogP contribution in [0.2, 0.25) is 0 Å². The molecule has 2 amide bonds. The molecule has 1 aromatic rings. The number of aliphatic hydroxyl groups excluding tert-OH is 1. The van der Waals surface area contributed by atoms with Crippen LogP contribution in [-0.2, 0) is 6.54 Å². The first-order valence-electron chi connectivity index (χ1n) is 6.73. The average Bonchev–Trinajstić information content (AvgIpc) is 2.95. The average molecular weight is 282 g/mol. The molecule has 2 unspecified atom stereocenters. The maximum absolute atomic E-state index is 11.9. The first-order valence-corrected chi connectivity index (χ1v) is 7.61. The van der Waals surface area contributed by atoms with Crippen LogP contribution in [0, 0.1) is 12.3 Å². The van der Waals surface area contributed by atoms with Crippen LogP contribution in [0.3, 0.4) is 0 Å². The van der Waals surface area contributed by atoms with E-state index in [9.17, 15) is 9.90 Å². The highest BCUT2D eigenvalue weighted by atomic mass is 32.1. The van der Waals surface area contributed by atoms with Gasteiger partial charge in [0.25, 0.3) is 0 Å². The van der Waals surface area contributed by atoms with Crippen molar-refractivity contribution in [1.82, 2.24) is 10.6 Å². The highest BCUT2D eigenvalue weighted by Crippen LogP contribution is 2.37. The van der Waals surface area contributed by atoms with E-state index >= 15 is 0 Å². The van der Waals surface area contributed by atoms with E-state index in [-0.39, 0.29) is 24.1 Å². The van der Waals surface area contributed by atoms with Gasteiger partial charge in [-0.15, -0.1) is 11.3 Å². The number of nitrogens with one attached hydrogen (secondary N) is 2. The summed E-state index contributed by atoms with van der Waals surface area (Å²) in [4.78, 5) is 13.1. The number of aryl methyl sites for hydroxylation is 1. The molecule has 0 bridgehead atoms. The van der Waals surface area contributed by atoms with Crippen LogP contribution in [0.15, 0.2) is 11.4 Å². The molecule has 1 aliphatic rings. The molecule has 19 heavy (non-hydrogen) atoms. The standard InChI is InChI=1S/C14H22N2O2S/c1-10-5-7-19-11(10)8-15-13(18)16-12-4-3-6-14(12,2)9-17/h5,7,12,17H,3-4,6,8-9H2,1-2H3,(H2,15,16,18). The maximum Gasteiger partial charge on any atom is 0.315 e. The van der Waals surface area contributed by atoms with Crippen LogP contribution < -0.4 is 10.6 Å². The number of hydrogen-bond acceptors (Lipinski definition) is 3. The molecule has 1 fully saturated rings. The van der Waals surface area contributed by atoms with Gasteiger partial charge in [-0.3, -0.25) is 0 Å². The summed E-state index contributed by atoms with van der Waals surface area (Å²) in [5.41, 5.74) is 1.04. The Morgan fingerprint density at radius 2 is 2.42 bits per heavy atom. The van der Waals surface area contributed by atoms with E-state index in [2.05, 4.69) is 16.7 Å². The van der Waals surface area contributed by atoms with E-state index in [0.717, 1.165) is 19.3 Å². The van der Waals surface area contributed by atoms with Gasteiger partial charge in [0, 0.05) is 16.3 Å². The van der Waals surface area contributed by atoms with Crippen molar-refractivity contribution in [2.75, 3.05) is 6.61 Å². The van der Waals surface area contributed by atoms with Gasteiger partial charge in [-0.2, -0.15) is 0 Å². The summed E-state index contributed by atoms with van der Waals surface area (Å²) in [6.45, 7) is 4.78. The highest BCUT2D eigenvalue weighted by molar-refractivity contribution is 7.10. The van der Waals surface area contributed by atoms with Crippen molar-refractivity contribution in [1.29, 1.82) is 0 Å². The normalized spacial score (nSPS) is 26.4. The second-order valence-corrected chi connectivity index (χ2v) is 6.61. The molecule has 3 N–H and O–H groups in total. The van der Waals surface area contributed by atoms with Crippen LogP contribution in [0.5, 0.6) is 0 Å². The Labute approximate surface area is 118 Å². The minimum Gasteiger partial charge on any atom is -0.396 e. The lowest BCUT2D eigenvalue weighted by Crippen LogP contribution is -2.48. The van der Waals surface area contributed by atoms with Crippen molar-refractivity contribution in [3.63, 3.8) is 0 Å². The number of amides is 2. The minimum atomic E-state index is -0.170. The summed E-state index contributed by atoms with van der Waals surface area (Å²) in [6, 6.07) is 1.99. The van der Waals surface area contributed by atoms with E-state index in [0.29, 0.717) is 6.54 Å². The molecule has 1 heterocycles. The Balaban J connectivity index is 1.83. The molecule has 2 rings (SSSR count). The van der Waals surface area contributed by atoms with Crippen molar-refractivity contribution in [2.45, 2.75) is 45.7 Å². The van der Waals surface area contributed by atoms with Gasteiger partial charge in [-0.05, 0) is 36.8 Å².